The fourth-order valence-electron chi connectivity index (χ4n) is 2.97. The highest BCUT2D eigenvalue weighted by Crippen LogP contribution is 2.22. The highest BCUT2D eigenvalue weighted by Gasteiger charge is 2.27. The van der Waals surface area contributed by atoms with Gasteiger partial charge in [0.15, 0.2) is 0 Å². The van der Waals surface area contributed by atoms with Gasteiger partial charge in [0.05, 0.1) is 11.4 Å². The molecule has 1 amide bonds. The molecule has 0 aromatic heterocycles. The molecule has 150 valence electrons. The van der Waals surface area contributed by atoms with Gasteiger partial charge in [0, 0.05) is 23.7 Å². The predicted molar refractivity (Wildman–Crippen MR) is 108 cm³/mol. The summed E-state index contributed by atoms with van der Waals surface area (Å²) in [5.41, 5.74) is 1.27. The van der Waals surface area contributed by atoms with E-state index < -0.39 is 10.0 Å². The molecule has 0 radical (unpaired) electrons. The number of rotatable bonds is 7. The molecule has 2 aromatic rings. The third-order valence-corrected chi connectivity index (χ3v) is 6.90. The Labute approximate surface area is 170 Å². The highest BCUT2D eigenvalue weighted by molar-refractivity contribution is 7.89. The average Bonchev–Trinajstić information content (AvgIpc) is 3.23. The monoisotopic (exact) mass is 422 g/mol. The van der Waals surface area contributed by atoms with Crippen molar-refractivity contribution in [3.05, 3.63) is 58.6 Å². The second-order valence-corrected chi connectivity index (χ2v) is 9.00. The van der Waals surface area contributed by atoms with E-state index in [1.807, 2.05) is 19.1 Å². The smallest absolute Gasteiger partial charge is 0.251 e. The zero-order valence-corrected chi connectivity index (χ0v) is 17.2. The molecule has 2 aromatic carbocycles. The molecule has 1 N–H and O–H groups in total. The Balaban J connectivity index is 1.56. The van der Waals surface area contributed by atoms with Crippen molar-refractivity contribution in [3.63, 3.8) is 0 Å². The molecule has 1 fully saturated rings. The lowest BCUT2D eigenvalue weighted by atomic mass is 10.2. The van der Waals surface area contributed by atoms with Crippen LogP contribution in [0.1, 0.15) is 28.8 Å². The minimum Gasteiger partial charge on any atom is -0.492 e. The first-order chi connectivity index (χ1) is 13.4. The maximum absolute atomic E-state index is 12.6. The molecular formula is C20H23ClN2O4S. The van der Waals surface area contributed by atoms with Gasteiger partial charge in [-0.1, -0.05) is 23.7 Å². The van der Waals surface area contributed by atoms with Crippen molar-refractivity contribution in [1.29, 1.82) is 0 Å². The van der Waals surface area contributed by atoms with Crippen LogP contribution in [0.15, 0.2) is 47.4 Å². The number of carbonyl (C=O) groups is 1. The molecule has 0 saturated carbocycles. The van der Waals surface area contributed by atoms with Crippen molar-refractivity contribution in [2.24, 2.45) is 0 Å². The summed E-state index contributed by atoms with van der Waals surface area (Å²) in [4.78, 5) is 12.5. The van der Waals surface area contributed by atoms with Crippen molar-refractivity contribution in [3.8, 4) is 5.75 Å². The molecule has 0 spiro atoms. The summed E-state index contributed by atoms with van der Waals surface area (Å²) < 4.78 is 32.3. The van der Waals surface area contributed by atoms with Gasteiger partial charge in [0.1, 0.15) is 12.4 Å². The fourth-order valence-corrected chi connectivity index (χ4v) is 4.71. The number of aryl methyl sites for hydroxylation is 1. The van der Waals surface area contributed by atoms with Gasteiger partial charge in [-0.25, -0.2) is 8.42 Å². The summed E-state index contributed by atoms with van der Waals surface area (Å²) in [5.74, 6) is 0.285. The third kappa shape index (κ3) is 4.84. The summed E-state index contributed by atoms with van der Waals surface area (Å²) in [6.45, 7) is 3.52. The quantitative estimate of drug-likeness (QED) is 0.695. The number of hydrogen-bond donors (Lipinski definition) is 1. The number of ether oxygens (including phenoxy) is 1. The van der Waals surface area contributed by atoms with Gasteiger partial charge in [0.2, 0.25) is 10.0 Å². The Hall–Kier alpha value is -2.09. The fraction of sp³-hybridized carbons (Fsp3) is 0.350. The average molecular weight is 423 g/mol. The molecule has 6 nitrogen and oxygen atoms in total. The molecule has 0 bridgehead atoms. The van der Waals surface area contributed by atoms with Crippen molar-refractivity contribution in [2.45, 2.75) is 24.7 Å². The molecule has 1 aliphatic heterocycles. The molecular weight excluding hydrogens is 400 g/mol. The normalized spacial score (nSPS) is 14.8. The van der Waals surface area contributed by atoms with E-state index in [0.29, 0.717) is 29.4 Å². The van der Waals surface area contributed by atoms with Crippen LogP contribution in [-0.2, 0) is 10.0 Å². The lowest BCUT2D eigenvalue weighted by Crippen LogP contribution is -2.30. The molecule has 0 atom stereocenters. The molecule has 1 aliphatic rings. The maximum atomic E-state index is 12.6. The molecule has 1 heterocycles. The number of hydrogen-bond acceptors (Lipinski definition) is 4. The van der Waals surface area contributed by atoms with E-state index >= 15 is 0 Å². The molecule has 8 heteroatoms. The second kappa shape index (κ2) is 8.94. The maximum Gasteiger partial charge on any atom is 0.251 e. The summed E-state index contributed by atoms with van der Waals surface area (Å²) in [6.07, 6.45) is 1.73. The zero-order chi connectivity index (χ0) is 20.1. The van der Waals surface area contributed by atoms with Gasteiger partial charge in [-0.2, -0.15) is 4.31 Å². The van der Waals surface area contributed by atoms with E-state index in [1.165, 1.54) is 16.4 Å². The van der Waals surface area contributed by atoms with Crippen LogP contribution in [0.2, 0.25) is 5.02 Å². The Morgan fingerprint density at radius 3 is 2.64 bits per heavy atom. The summed E-state index contributed by atoms with van der Waals surface area (Å²) >= 11 is 6.05. The van der Waals surface area contributed by atoms with E-state index in [-0.39, 0.29) is 24.0 Å². The van der Waals surface area contributed by atoms with Crippen LogP contribution >= 0.6 is 11.6 Å². The minimum atomic E-state index is -3.55. The lowest BCUT2D eigenvalue weighted by Gasteiger charge is -2.16. The molecule has 0 unspecified atom stereocenters. The van der Waals surface area contributed by atoms with Crippen molar-refractivity contribution in [2.75, 3.05) is 26.2 Å². The highest BCUT2D eigenvalue weighted by atomic mass is 35.5. The molecule has 3 rings (SSSR count). The van der Waals surface area contributed by atoms with E-state index in [9.17, 15) is 13.2 Å². The van der Waals surface area contributed by atoms with Gasteiger partial charge in [-0.15, -0.1) is 0 Å². The van der Waals surface area contributed by atoms with Gasteiger partial charge >= 0.3 is 0 Å². The largest absolute Gasteiger partial charge is 0.492 e. The lowest BCUT2D eigenvalue weighted by molar-refractivity contribution is 0.0947. The minimum absolute atomic E-state index is 0.146. The van der Waals surface area contributed by atoms with Crippen molar-refractivity contribution >= 4 is 27.5 Å². The Morgan fingerprint density at radius 2 is 1.93 bits per heavy atom. The van der Waals surface area contributed by atoms with Crippen LogP contribution in [0.3, 0.4) is 0 Å². The van der Waals surface area contributed by atoms with Crippen LogP contribution in [0.25, 0.3) is 0 Å². The first kappa shape index (κ1) is 20.6. The number of nitrogens with one attached hydrogen (secondary N) is 1. The number of amides is 1. The van der Waals surface area contributed by atoms with Crippen molar-refractivity contribution < 1.29 is 17.9 Å². The molecule has 28 heavy (non-hydrogen) atoms. The number of benzene rings is 2. The SMILES string of the molecule is Cc1ccc(OCCNC(=O)c2cccc(S(=O)(=O)N3CCCC3)c2)cc1Cl. The van der Waals surface area contributed by atoms with Crippen LogP contribution in [0.4, 0.5) is 0 Å². The van der Waals surface area contributed by atoms with Gasteiger partial charge < -0.3 is 10.1 Å². The van der Waals surface area contributed by atoms with E-state index in [0.717, 1.165) is 18.4 Å². The third-order valence-electron chi connectivity index (χ3n) is 4.60. The van der Waals surface area contributed by atoms with Gasteiger partial charge in [0.25, 0.3) is 5.91 Å². The van der Waals surface area contributed by atoms with Crippen molar-refractivity contribution in [1.82, 2.24) is 9.62 Å². The molecule has 0 aliphatic carbocycles. The van der Waals surface area contributed by atoms with Gasteiger partial charge in [-0.3, -0.25) is 4.79 Å². The van der Waals surface area contributed by atoms with E-state index in [2.05, 4.69) is 5.32 Å². The predicted octanol–water partition coefficient (Wildman–Crippen LogP) is 3.24. The number of halogens is 1. The van der Waals surface area contributed by atoms with Crippen LogP contribution in [0, 0.1) is 6.92 Å². The number of sulfonamides is 1. The Morgan fingerprint density at radius 1 is 1.18 bits per heavy atom. The molecule has 1 saturated heterocycles. The number of carbonyl (C=O) groups excluding carboxylic acids is 1. The zero-order valence-electron chi connectivity index (χ0n) is 15.7. The van der Waals surface area contributed by atoms with Crippen LogP contribution in [0.5, 0.6) is 5.75 Å². The van der Waals surface area contributed by atoms with E-state index in [1.54, 1.807) is 18.2 Å². The summed E-state index contributed by atoms with van der Waals surface area (Å²) in [7, 11) is -3.55. The first-order valence-electron chi connectivity index (χ1n) is 9.15. The first-order valence-corrected chi connectivity index (χ1v) is 11.0. The van der Waals surface area contributed by atoms with E-state index in [4.69, 9.17) is 16.3 Å². The summed E-state index contributed by atoms with van der Waals surface area (Å²) in [6, 6.07) is 11.5. The summed E-state index contributed by atoms with van der Waals surface area (Å²) in [5, 5.41) is 3.36. The second-order valence-electron chi connectivity index (χ2n) is 6.65. The van der Waals surface area contributed by atoms with Gasteiger partial charge in [-0.05, 0) is 55.7 Å². The topological polar surface area (TPSA) is 75.7 Å². The van der Waals surface area contributed by atoms with Crippen LogP contribution < -0.4 is 10.1 Å². The Bertz CT molecular complexity index is 956. The standard InChI is InChI=1S/C20H23ClN2O4S/c1-15-7-8-17(14-19(15)21)27-12-9-22-20(24)16-5-4-6-18(13-16)28(25,26)23-10-2-3-11-23/h4-8,13-14H,2-3,9-12H2,1H3,(H,22,24). The van der Waals surface area contributed by atoms with Crippen LogP contribution in [-0.4, -0.2) is 44.9 Å². The number of nitrogens with zero attached hydrogens (tertiary/aromatic N) is 1. The Kier molecular flexibility index (Phi) is 6.59.